The van der Waals surface area contributed by atoms with E-state index in [1.54, 1.807) is 11.1 Å². The van der Waals surface area contributed by atoms with Gasteiger partial charge in [-0.15, -0.1) is 0 Å². The molecule has 0 N–H and O–H groups in total. The second-order valence-electron chi connectivity index (χ2n) is 12.4. The highest BCUT2D eigenvalue weighted by Gasteiger charge is 2.31. The molecule has 0 heteroatoms. The van der Waals surface area contributed by atoms with Crippen LogP contribution in [0.5, 0.6) is 0 Å². The summed E-state index contributed by atoms with van der Waals surface area (Å²) in [6.45, 7) is 7.20. The second kappa shape index (κ2) is 14.6. The summed E-state index contributed by atoms with van der Waals surface area (Å²) >= 11 is 0. The molecule has 0 spiro atoms. The van der Waals surface area contributed by atoms with Crippen molar-refractivity contribution >= 4 is 0 Å². The first-order valence-corrected chi connectivity index (χ1v) is 15.2. The summed E-state index contributed by atoms with van der Waals surface area (Å²) in [4.78, 5) is 0. The van der Waals surface area contributed by atoms with Crippen LogP contribution in [-0.4, -0.2) is 0 Å². The Morgan fingerprint density at radius 1 is 0.667 bits per heavy atom. The zero-order valence-electron chi connectivity index (χ0n) is 22.7. The zero-order chi connectivity index (χ0) is 23.4. The van der Waals surface area contributed by atoms with Crippen LogP contribution in [0.4, 0.5) is 0 Å². The van der Waals surface area contributed by atoms with Crippen LogP contribution in [0.2, 0.25) is 0 Å². The minimum Gasteiger partial charge on any atom is -0.0654 e. The molecule has 0 aliphatic heterocycles. The third-order valence-corrected chi connectivity index (χ3v) is 9.55. The van der Waals surface area contributed by atoms with Gasteiger partial charge < -0.3 is 0 Å². The summed E-state index contributed by atoms with van der Waals surface area (Å²) in [6.07, 6.45) is 28.8. The van der Waals surface area contributed by atoms with Gasteiger partial charge in [-0.2, -0.15) is 0 Å². The lowest BCUT2D eigenvalue weighted by molar-refractivity contribution is 0.178. The van der Waals surface area contributed by atoms with Crippen molar-refractivity contribution in [1.29, 1.82) is 0 Å². The van der Waals surface area contributed by atoms with Gasteiger partial charge in [0.05, 0.1) is 0 Å². The molecule has 2 aliphatic carbocycles. The van der Waals surface area contributed by atoms with Crippen molar-refractivity contribution < 1.29 is 0 Å². The van der Waals surface area contributed by atoms with E-state index in [1.807, 2.05) is 0 Å². The predicted octanol–water partition coefficient (Wildman–Crippen LogP) is 11.0. The Hall–Kier alpha value is -0.780. The van der Waals surface area contributed by atoms with Crippen LogP contribution in [0.25, 0.3) is 0 Å². The Morgan fingerprint density at radius 2 is 1.24 bits per heavy atom. The molecule has 0 bridgehead atoms. The van der Waals surface area contributed by atoms with Gasteiger partial charge in [-0.1, -0.05) is 129 Å². The van der Waals surface area contributed by atoms with E-state index in [0.29, 0.717) is 5.41 Å². The lowest BCUT2D eigenvalue weighted by Crippen LogP contribution is -2.23. The first-order chi connectivity index (χ1) is 16.1. The maximum absolute atomic E-state index is 2.56. The van der Waals surface area contributed by atoms with Gasteiger partial charge in [-0.25, -0.2) is 0 Å². The molecule has 0 nitrogen and oxygen atoms in total. The van der Waals surface area contributed by atoms with Gasteiger partial charge in [-0.05, 0) is 79.2 Å². The lowest BCUT2D eigenvalue weighted by Gasteiger charge is -2.38. The third-order valence-electron chi connectivity index (χ3n) is 9.55. The first kappa shape index (κ1) is 26.8. The van der Waals surface area contributed by atoms with Crippen LogP contribution in [-0.2, 0) is 6.42 Å². The SMILES string of the molecule is CCCCCCCC1CCC(CCc2ccc(C3CCC(C)(CCCCC)CC3)cc2)CC1. The normalized spacial score (nSPS) is 28.2. The van der Waals surface area contributed by atoms with Crippen molar-refractivity contribution in [3.8, 4) is 0 Å². The average Bonchev–Trinajstić information content (AvgIpc) is 2.84. The van der Waals surface area contributed by atoms with Crippen LogP contribution >= 0.6 is 0 Å². The molecule has 0 aromatic heterocycles. The fourth-order valence-corrected chi connectivity index (χ4v) is 6.87. The van der Waals surface area contributed by atoms with Crippen molar-refractivity contribution in [2.75, 3.05) is 0 Å². The molecule has 2 saturated carbocycles. The van der Waals surface area contributed by atoms with Crippen molar-refractivity contribution in [2.45, 2.75) is 155 Å². The smallest absolute Gasteiger partial charge is 0.0162 e. The molecular weight excluding hydrogens is 396 g/mol. The highest BCUT2D eigenvalue weighted by molar-refractivity contribution is 5.26. The van der Waals surface area contributed by atoms with Gasteiger partial charge in [0.1, 0.15) is 0 Å². The molecule has 188 valence electrons. The highest BCUT2D eigenvalue weighted by atomic mass is 14.4. The quantitative estimate of drug-likeness (QED) is 0.246. The molecular formula is C33H56. The maximum atomic E-state index is 2.56. The Labute approximate surface area is 207 Å². The fraction of sp³-hybridized carbons (Fsp3) is 0.818. The van der Waals surface area contributed by atoms with Crippen LogP contribution < -0.4 is 0 Å². The van der Waals surface area contributed by atoms with E-state index in [-0.39, 0.29) is 0 Å². The third kappa shape index (κ3) is 9.41. The van der Waals surface area contributed by atoms with Crippen LogP contribution in [0.15, 0.2) is 24.3 Å². The Bertz CT molecular complexity index is 610. The Morgan fingerprint density at radius 3 is 1.88 bits per heavy atom. The summed E-state index contributed by atoms with van der Waals surface area (Å²) in [5, 5.41) is 0. The van der Waals surface area contributed by atoms with Gasteiger partial charge in [0, 0.05) is 0 Å². The topological polar surface area (TPSA) is 0 Å². The number of unbranched alkanes of at least 4 members (excludes halogenated alkanes) is 6. The molecule has 0 amide bonds. The van der Waals surface area contributed by atoms with Crippen molar-refractivity contribution in [3.05, 3.63) is 35.4 Å². The monoisotopic (exact) mass is 452 g/mol. The molecule has 0 saturated heterocycles. The molecule has 0 atom stereocenters. The summed E-state index contributed by atoms with van der Waals surface area (Å²) in [5.41, 5.74) is 3.82. The number of aryl methyl sites for hydroxylation is 1. The van der Waals surface area contributed by atoms with Crippen LogP contribution in [0, 0.1) is 17.3 Å². The number of benzene rings is 1. The molecule has 2 aliphatic rings. The first-order valence-electron chi connectivity index (χ1n) is 15.2. The standard InChI is InChI=1S/C33H56/c1-4-6-8-9-10-12-28-13-15-29(16-14-28)17-18-30-19-21-31(22-20-30)32-23-26-33(3,27-24-32)25-11-7-5-2/h19-22,28-29,32H,4-18,23-27H2,1-3H3. The average molecular weight is 453 g/mol. The molecule has 0 unspecified atom stereocenters. The molecule has 33 heavy (non-hydrogen) atoms. The molecule has 1 aromatic rings. The summed E-state index contributed by atoms with van der Waals surface area (Å²) in [6, 6.07) is 9.89. The van der Waals surface area contributed by atoms with E-state index >= 15 is 0 Å². The molecule has 0 heterocycles. The van der Waals surface area contributed by atoms with Crippen molar-refractivity contribution in [2.24, 2.45) is 17.3 Å². The van der Waals surface area contributed by atoms with Gasteiger partial charge in [-0.3, -0.25) is 0 Å². The van der Waals surface area contributed by atoms with E-state index < -0.39 is 0 Å². The minimum atomic E-state index is 0.625. The molecule has 0 radical (unpaired) electrons. The largest absolute Gasteiger partial charge is 0.0654 e. The van der Waals surface area contributed by atoms with Crippen molar-refractivity contribution in [1.82, 2.24) is 0 Å². The van der Waals surface area contributed by atoms with Gasteiger partial charge in [0.15, 0.2) is 0 Å². The lowest BCUT2D eigenvalue weighted by atomic mass is 9.68. The maximum Gasteiger partial charge on any atom is -0.0162 e. The number of hydrogen-bond donors (Lipinski definition) is 0. The summed E-state index contributed by atoms with van der Waals surface area (Å²) < 4.78 is 0. The van der Waals surface area contributed by atoms with E-state index in [9.17, 15) is 0 Å². The fourth-order valence-electron chi connectivity index (χ4n) is 6.87. The van der Waals surface area contributed by atoms with E-state index in [0.717, 1.165) is 17.8 Å². The highest BCUT2D eigenvalue weighted by Crippen LogP contribution is 2.45. The summed E-state index contributed by atoms with van der Waals surface area (Å²) in [5.74, 6) is 2.85. The minimum absolute atomic E-state index is 0.625. The van der Waals surface area contributed by atoms with E-state index in [2.05, 4.69) is 45.0 Å². The molecule has 1 aromatic carbocycles. The summed E-state index contributed by atoms with van der Waals surface area (Å²) in [7, 11) is 0. The number of rotatable bonds is 14. The number of hydrogen-bond acceptors (Lipinski definition) is 0. The van der Waals surface area contributed by atoms with E-state index in [4.69, 9.17) is 0 Å². The van der Waals surface area contributed by atoms with Gasteiger partial charge in [0.25, 0.3) is 0 Å². The molecule has 3 rings (SSSR count). The Kier molecular flexibility index (Phi) is 11.8. The van der Waals surface area contributed by atoms with Crippen LogP contribution in [0.1, 0.15) is 160 Å². The van der Waals surface area contributed by atoms with Gasteiger partial charge >= 0.3 is 0 Å². The molecule has 2 fully saturated rings. The predicted molar refractivity (Wildman–Crippen MR) is 147 cm³/mol. The van der Waals surface area contributed by atoms with Gasteiger partial charge in [0.2, 0.25) is 0 Å². The Balaban J connectivity index is 1.31. The van der Waals surface area contributed by atoms with E-state index in [1.165, 1.54) is 128 Å². The zero-order valence-corrected chi connectivity index (χ0v) is 22.7. The second-order valence-corrected chi connectivity index (χ2v) is 12.4. The van der Waals surface area contributed by atoms with Crippen molar-refractivity contribution in [3.63, 3.8) is 0 Å². The van der Waals surface area contributed by atoms with Crippen LogP contribution in [0.3, 0.4) is 0 Å².